The highest BCUT2D eigenvalue weighted by molar-refractivity contribution is 5.51. The molecule has 0 aliphatic heterocycles. The fourth-order valence-electron chi connectivity index (χ4n) is 0.711. The first-order valence-electron chi connectivity index (χ1n) is 3.20. The number of aromatic nitrogens is 1. The van der Waals surface area contributed by atoms with Crippen LogP contribution in [0.3, 0.4) is 0 Å². The summed E-state index contributed by atoms with van der Waals surface area (Å²) in [6.45, 7) is 0. The van der Waals surface area contributed by atoms with E-state index in [0.29, 0.717) is 5.69 Å². The third-order valence-corrected chi connectivity index (χ3v) is 1.33. The molecule has 4 nitrogen and oxygen atoms in total. The SMILES string of the molecule is CN(C)c1cncc(N=O)c1. The van der Waals surface area contributed by atoms with E-state index in [9.17, 15) is 4.91 Å². The van der Waals surface area contributed by atoms with Gasteiger partial charge in [-0.05, 0) is 11.2 Å². The highest BCUT2D eigenvalue weighted by atomic mass is 16.3. The maximum absolute atomic E-state index is 10.1. The molecule has 0 unspecified atom stereocenters. The molecule has 0 saturated heterocycles. The second-order valence-corrected chi connectivity index (χ2v) is 2.39. The van der Waals surface area contributed by atoms with E-state index in [1.165, 1.54) is 6.20 Å². The number of nitrogens with zero attached hydrogens (tertiary/aromatic N) is 3. The molecule has 0 aliphatic carbocycles. The van der Waals surface area contributed by atoms with Crippen LogP contribution in [0, 0.1) is 4.91 Å². The van der Waals surface area contributed by atoms with Gasteiger partial charge in [-0.3, -0.25) is 4.98 Å². The first-order chi connectivity index (χ1) is 5.24. The second-order valence-electron chi connectivity index (χ2n) is 2.39. The van der Waals surface area contributed by atoms with Crippen LogP contribution in [0.1, 0.15) is 0 Å². The summed E-state index contributed by atoms with van der Waals surface area (Å²) >= 11 is 0. The van der Waals surface area contributed by atoms with Gasteiger partial charge in [0.05, 0.1) is 18.1 Å². The zero-order valence-electron chi connectivity index (χ0n) is 6.48. The smallest absolute Gasteiger partial charge is 0.128 e. The lowest BCUT2D eigenvalue weighted by Crippen LogP contribution is -2.08. The van der Waals surface area contributed by atoms with Gasteiger partial charge in [0.2, 0.25) is 0 Å². The van der Waals surface area contributed by atoms with Crippen LogP contribution < -0.4 is 4.90 Å². The maximum atomic E-state index is 10.1. The second kappa shape index (κ2) is 3.09. The monoisotopic (exact) mass is 151 g/mol. The van der Waals surface area contributed by atoms with E-state index in [2.05, 4.69) is 10.2 Å². The molecule has 0 bridgehead atoms. The molecule has 4 heteroatoms. The molecule has 0 aromatic carbocycles. The van der Waals surface area contributed by atoms with Crippen LogP contribution in [-0.2, 0) is 0 Å². The Balaban J connectivity index is 3.00. The molecule has 1 aromatic rings. The van der Waals surface area contributed by atoms with Crippen molar-refractivity contribution >= 4 is 11.4 Å². The van der Waals surface area contributed by atoms with Crippen molar-refractivity contribution in [3.05, 3.63) is 23.4 Å². The van der Waals surface area contributed by atoms with E-state index >= 15 is 0 Å². The number of anilines is 1. The van der Waals surface area contributed by atoms with E-state index in [-0.39, 0.29) is 0 Å². The largest absolute Gasteiger partial charge is 0.376 e. The first kappa shape index (κ1) is 7.65. The van der Waals surface area contributed by atoms with Gasteiger partial charge in [-0.2, -0.15) is 0 Å². The van der Waals surface area contributed by atoms with Crippen LogP contribution in [0.2, 0.25) is 0 Å². The topological polar surface area (TPSA) is 45.6 Å². The van der Waals surface area contributed by atoms with Crippen molar-refractivity contribution in [2.24, 2.45) is 5.18 Å². The molecule has 1 aromatic heterocycles. The lowest BCUT2D eigenvalue weighted by Gasteiger charge is -2.10. The Labute approximate surface area is 64.8 Å². The molecular formula is C7H9N3O. The van der Waals surface area contributed by atoms with E-state index < -0.39 is 0 Å². The Hall–Kier alpha value is -1.45. The molecule has 0 radical (unpaired) electrons. The van der Waals surface area contributed by atoms with Crippen LogP contribution in [0.5, 0.6) is 0 Å². The molecule has 1 rings (SSSR count). The highest BCUT2D eigenvalue weighted by Crippen LogP contribution is 2.16. The maximum Gasteiger partial charge on any atom is 0.128 e. The van der Waals surface area contributed by atoms with E-state index in [1.807, 2.05) is 19.0 Å². The summed E-state index contributed by atoms with van der Waals surface area (Å²) in [4.78, 5) is 15.8. The quantitative estimate of drug-likeness (QED) is 0.602. The van der Waals surface area contributed by atoms with Crippen LogP contribution in [0.25, 0.3) is 0 Å². The molecule has 0 fully saturated rings. The standard InChI is InChI=1S/C7H9N3O/c1-10(2)7-3-6(9-11)4-8-5-7/h3-5H,1-2H3. The molecule has 0 aliphatic rings. The molecule has 0 amide bonds. The number of nitroso groups, excluding NO2 is 1. The first-order valence-corrected chi connectivity index (χ1v) is 3.20. The number of rotatable bonds is 2. The summed E-state index contributed by atoms with van der Waals surface area (Å²) < 4.78 is 0. The average Bonchev–Trinajstić information content (AvgIpc) is 2.05. The summed E-state index contributed by atoms with van der Waals surface area (Å²) in [5.74, 6) is 0. The van der Waals surface area contributed by atoms with Gasteiger partial charge in [0.1, 0.15) is 5.69 Å². The van der Waals surface area contributed by atoms with E-state index in [0.717, 1.165) is 5.69 Å². The lowest BCUT2D eigenvalue weighted by atomic mass is 10.3. The van der Waals surface area contributed by atoms with Gasteiger partial charge < -0.3 is 4.90 Å². The van der Waals surface area contributed by atoms with Crippen LogP contribution in [0.15, 0.2) is 23.6 Å². The summed E-state index contributed by atoms with van der Waals surface area (Å²) in [6, 6.07) is 1.68. The third-order valence-electron chi connectivity index (χ3n) is 1.33. The summed E-state index contributed by atoms with van der Waals surface area (Å²) in [5.41, 5.74) is 1.23. The molecule has 0 saturated carbocycles. The van der Waals surface area contributed by atoms with Crippen molar-refractivity contribution in [2.45, 2.75) is 0 Å². The van der Waals surface area contributed by atoms with Gasteiger partial charge in [-0.1, -0.05) is 0 Å². The van der Waals surface area contributed by atoms with Gasteiger partial charge in [-0.25, -0.2) is 0 Å². The minimum atomic E-state index is 0.358. The Morgan fingerprint density at radius 3 is 2.73 bits per heavy atom. The van der Waals surface area contributed by atoms with Crippen LogP contribution in [0.4, 0.5) is 11.4 Å². The Bertz CT molecular complexity index is 260. The highest BCUT2D eigenvalue weighted by Gasteiger charge is 1.96. The van der Waals surface area contributed by atoms with Gasteiger partial charge in [0, 0.05) is 14.1 Å². The molecule has 0 N–H and O–H groups in total. The van der Waals surface area contributed by atoms with Crippen molar-refractivity contribution in [1.29, 1.82) is 0 Å². The summed E-state index contributed by atoms with van der Waals surface area (Å²) in [5, 5.41) is 2.77. The average molecular weight is 151 g/mol. The number of hydrogen-bond donors (Lipinski definition) is 0. The van der Waals surface area contributed by atoms with Gasteiger partial charge >= 0.3 is 0 Å². The fraction of sp³-hybridized carbons (Fsp3) is 0.286. The Morgan fingerprint density at radius 1 is 1.45 bits per heavy atom. The zero-order chi connectivity index (χ0) is 8.27. The molecule has 11 heavy (non-hydrogen) atoms. The van der Waals surface area contributed by atoms with Crippen molar-refractivity contribution < 1.29 is 0 Å². The van der Waals surface area contributed by atoms with Crippen LogP contribution >= 0.6 is 0 Å². The van der Waals surface area contributed by atoms with E-state index in [1.54, 1.807) is 12.3 Å². The Kier molecular flexibility index (Phi) is 2.15. The molecule has 0 atom stereocenters. The normalized spacial score (nSPS) is 9.27. The zero-order valence-corrected chi connectivity index (χ0v) is 6.48. The molecule has 0 spiro atoms. The molecular weight excluding hydrogens is 142 g/mol. The van der Waals surface area contributed by atoms with E-state index in [4.69, 9.17) is 0 Å². The minimum Gasteiger partial charge on any atom is -0.376 e. The number of pyridine rings is 1. The van der Waals surface area contributed by atoms with Gasteiger partial charge in [-0.15, -0.1) is 4.91 Å². The number of hydrogen-bond acceptors (Lipinski definition) is 4. The minimum absolute atomic E-state index is 0.358. The van der Waals surface area contributed by atoms with Gasteiger partial charge in [0.15, 0.2) is 0 Å². The predicted molar refractivity (Wildman–Crippen MR) is 44.0 cm³/mol. The van der Waals surface area contributed by atoms with Crippen molar-refractivity contribution in [1.82, 2.24) is 4.98 Å². The molecule has 1 heterocycles. The fourth-order valence-corrected chi connectivity index (χ4v) is 0.711. The lowest BCUT2D eigenvalue weighted by molar-refractivity contribution is 1.11. The predicted octanol–water partition coefficient (Wildman–Crippen LogP) is 1.55. The van der Waals surface area contributed by atoms with Crippen LogP contribution in [-0.4, -0.2) is 19.1 Å². The third kappa shape index (κ3) is 1.73. The summed E-state index contributed by atoms with van der Waals surface area (Å²) in [7, 11) is 3.76. The van der Waals surface area contributed by atoms with Crippen molar-refractivity contribution in [3.8, 4) is 0 Å². The van der Waals surface area contributed by atoms with Crippen molar-refractivity contribution in [3.63, 3.8) is 0 Å². The Morgan fingerprint density at radius 2 is 2.18 bits per heavy atom. The molecule has 58 valence electrons. The van der Waals surface area contributed by atoms with Crippen molar-refractivity contribution in [2.75, 3.05) is 19.0 Å². The van der Waals surface area contributed by atoms with Gasteiger partial charge in [0.25, 0.3) is 0 Å². The summed E-state index contributed by atoms with van der Waals surface area (Å²) in [6.07, 6.45) is 3.11.